The van der Waals surface area contributed by atoms with E-state index < -0.39 is 11.9 Å². The summed E-state index contributed by atoms with van der Waals surface area (Å²) in [5, 5.41) is 0. The molecule has 0 bridgehead atoms. The molecule has 0 rings (SSSR count). The molecule has 0 unspecified atom stereocenters. The zero-order valence-corrected chi connectivity index (χ0v) is 9.89. The quantitative estimate of drug-likeness (QED) is 0.239. The minimum atomic E-state index is -0.686. The highest BCUT2D eigenvalue weighted by molar-refractivity contribution is 6.22. The van der Waals surface area contributed by atoms with Gasteiger partial charge in [0.1, 0.15) is 5.57 Å². The van der Waals surface area contributed by atoms with Gasteiger partial charge in [-0.2, -0.15) is 0 Å². The second-order valence-corrected chi connectivity index (χ2v) is 3.00. The van der Waals surface area contributed by atoms with Gasteiger partial charge in [0.2, 0.25) is 0 Å². The first kappa shape index (κ1) is 14.0. The van der Waals surface area contributed by atoms with E-state index in [2.05, 4.69) is 0 Å². The molecule has 0 radical (unpaired) electrons. The molecule has 0 aliphatic heterocycles. The van der Waals surface area contributed by atoms with E-state index in [4.69, 9.17) is 21.1 Å². The van der Waals surface area contributed by atoms with Crippen molar-refractivity contribution in [3.05, 3.63) is 11.1 Å². The number of allylic oxidation sites excluding steroid dienone is 1. The average molecular weight is 235 g/mol. The van der Waals surface area contributed by atoms with Crippen LogP contribution in [-0.4, -0.2) is 31.0 Å². The molecule has 0 heterocycles. The summed E-state index contributed by atoms with van der Waals surface area (Å²) in [5.74, 6) is -1.28. The van der Waals surface area contributed by atoms with Gasteiger partial charge in [0, 0.05) is 5.88 Å². The molecule has 0 aliphatic carbocycles. The molecule has 0 spiro atoms. The van der Waals surface area contributed by atoms with E-state index in [1.54, 1.807) is 20.8 Å². The van der Waals surface area contributed by atoms with Crippen LogP contribution < -0.4 is 0 Å². The van der Waals surface area contributed by atoms with Crippen molar-refractivity contribution in [3.63, 3.8) is 0 Å². The predicted octanol–water partition coefficient (Wildman–Crippen LogP) is 1.67. The van der Waals surface area contributed by atoms with Crippen molar-refractivity contribution < 1.29 is 19.1 Å². The third-order valence-corrected chi connectivity index (χ3v) is 1.99. The van der Waals surface area contributed by atoms with Crippen LogP contribution in [-0.2, 0) is 19.1 Å². The maximum Gasteiger partial charge on any atom is 0.345 e. The fourth-order valence-corrected chi connectivity index (χ4v) is 1.04. The highest BCUT2D eigenvalue weighted by Crippen LogP contribution is 2.10. The fourth-order valence-electron chi connectivity index (χ4n) is 0.905. The molecule has 0 aromatic carbocycles. The maximum atomic E-state index is 11.4. The van der Waals surface area contributed by atoms with Crippen LogP contribution >= 0.6 is 11.6 Å². The van der Waals surface area contributed by atoms with E-state index in [9.17, 15) is 9.59 Å². The van der Waals surface area contributed by atoms with E-state index in [0.717, 1.165) is 0 Å². The lowest BCUT2D eigenvalue weighted by Crippen LogP contribution is -2.20. The van der Waals surface area contributed by atoms with Crippen molar-refractivity contribution in [1.82, 2.24) is 0 Å². The summed E-state index contributed by atoms with van der Waals surface area (Å²) in [6, 6.07) is 0. The Bertz CT molecular complexity index is 251. The first-order valence-corrected chi connectivity index (χ1v) is 5.21. The molecule has 0 saturated heterocycles. The number of carbonyl (C=O) groups excluding carboxylic acids is 2. The largest absolute Gasteiger partial charge is 0.462 e. The molecule has 4 nitrogen and oxygen atoms in total. The summed E-state index contributed by atoms with van der Waals surface area (Å²) in [6.07, 6.45) is 0. The summed E-state index contributed by atoms with van der Waals surface area (Å²) in [5.41, 5.74) is 0.349. The standard InChI is InChI=1S/C10H15ClO4/c1-4-14-9(12)8(7(3)6-11)10(13)15-5-2/h4-6H2,1-3H3. The zero-order valence-electron chi connectivity index (χ0n) is 9.13. The molecule has 0 saturated carbocycles. The normalized spacial score (nSPS) is 9.33. The minimum Gasteiger partial charge on any atom is -0.462 e. The van der Waals surface area contributed by atoms with Gasteiger partial charge in [0.05, 0.1) is 13.2 Å². The van der Waals surface area contributed by atoms with Crippen LogP contribution in [0.15, 0.2) is 11.1 Å². The van der Waals surface area contributed by atoms with Gasteiger partial charge in [0.25, 0.3) is 0 Å². The van der Waals surface area contributed by atoms with Gasteiger partial charge in [-0.1, -0.05) is 0 Å². The Kier molecular flexibility index (Phi) is 6.79. The molecular weight excluding hydrogens is 220 g/mol. The Hall–Kier alpha value is -1.03. The van der Waals surface area contributed by atoms with Crippen molar-refractivity contribution in [3.8, 4) is 0 Å². The number of carbonyl (C=O) groups is 2. The lowest BCUT2D eigenvalue weighted by molar-refractivity contribution is -0.146. The summed E-state index contributed by atoms with van der Waals surface area (Å²) >= 11 is 5.56. The van der Waals surface area contributed by atoms with Crippen LogP contribution in [0, 0.1) is 0 Å². The van der Waals surface area contributed by atoms with Crippen molar-refractivity contribution in [2.24, 2.45) is 0 Å². The van der Waals surface area contributed by atoms with Gasteiger partial charge in [-0.15, -0.1) is 11.6 Å². The summed E-state index contributed by atoms with van der Waals surface area (Å²) in [6.45, 7) is 5.33. The monoisotopic (exact) mass is 234 g/mol. The molecule has 0 amide bonds. The first-order chi connectivity index (χ1) is 7.08. The van der Waals surface area contributed by atoms with Crippen LogP contribution in [0.2, 0.25) is 0 Å². The molecule has 15 heavy (non-hydrogen) atoms. The molecule has 0 atom stereocenters. The molecule has 5 heteroatoms. The molecule has 86 valence electrons. The van der Waals surface area contributed by atoms with Crippen LogP contribution in [0.3, 0.4) is 0 Å². The van der Waals surface area contributed by atoms with E-state index in [-0.39, 0.29) is 24.7 Å². The minimum absolute atomic E-state index is 0.0902. The number of hydrogen-bond donors (Lipinski definition) is 0. The number of alkyl halides is 1. The van der Waals surface area contributed by atoms with Gasteiger partial charge in [-0.3, -0.25) is 0 Å². The molecule has 0 aliphatic rings. The molecule has 0 N–H and O–H groups in total. The van der Waals surface area contributed by atoms with E-state index in [0.29, 0.717) is 5.57 Å². The Morgan fingerprint density at radius 3 is 1.73 bits per heavy atom. The lowest BCUT2D eigenvalue weighted by Gasteiger charge is -2.08. The van der Waals surface area contributed by atoms with Gasteiger partial charge < -0.3 is 9.47 Å². The summed E-state index contributed by atoms with van der Waals surface area (Å²) < 4.78 is 9.48. The number of hydrogen-bond acceptors (Lipinski definition) is 4. The second-order valence-electron chi connectivity index (χ2n) is 2.73. The van der Waals surface area contributed by atoms with Gasteiger partial charge in [0.15, 0.2) is 0 Å². The van der Waals surface area contributed by atoms with Crippen LogP contribution in [0.25, 0.3) is 0 Å². The molecule has 0 fully saturated rings. The Morgan fingerprint density at radius 1 is 1.07 bits per heavy atom. The Balaban J connectivity index is 4.90. The summed E-state index contributed by atoms with van der Waals surface area (Å²) in [7, 11) is 0. The molecule has 0 aromatic rings. The van der Waals surface area contributed by atoms with Crippen molar-refractivity contribution in [1.29, 1.82) is 0 Å². The zero-order chi connectivity index (χ0) is 11.8. The maximum absolute atomic E-state index is 11.4. The molecule has 0 aromatic heterocycles. The second kappa shape index (κ2) is 7.29. The third kappa shape index (κ3) is 4.34. The Morgan fingerprint density at radius 2 is 1.47 bits per heavy atom. The number of rotatable bonds is 5. The third-order valence-electron chi connectivity index (χ3n) is 1.59. The average Bonchev–Trinajstić information content (AvgIpc) is 2.18. The smallest absolute Gasteiger partial charge is 0.345 e. The SMILES string of the molecule is CCOC(=O)C(C(=O)OCC)=C(C)CCl. The van der Waals surface area contributed by atoms with Gasteiger partial charge in [-0.25, -0.2) is 9.59 Å². The highest BCUT2D eigenvalue weighted by atomic mass is 35.5. The van der Waals surface area contributed by atoms with Crippen molar-refractivity contribution >= 4 is 23.5 Å². The lowest BCUT2D eigenvalue weighted by atomic mass is 10.1. The van der Waals surface area contributed by atoms with Crippen LogP contribution in [0.1, 0.15) is 20.8 Å². The van der Waals surface area contributed by atoms with Crippen LogP contribution in [0.4, 0.5) is 0 Å². The van der Waals surface area contributed by atoms with Crippen LogP contribution in [0.5, 0.6) is 0 Å². The topological polar surface area (TPSA) is 52.6 Å². The van der Waals surface area contributed by atoms with E-state index in [1.807, 2.05) is 0 Å². The van der Waals surface area contributed by atoms with Crippen molar-refractivity contribution in [2.45, 2.75) is 20.8 Å². The predicted molar refractivity (Wildman–Crippen MR) is 56.7 cm³/mol. The number of ether oxygens (including phenoxy) is 2. The molecular formula is C10H15ClO4. The van der Waals surface area contributed by atoms with E-state index >= 15 is 0 Å². The highest BCUT2D eigenvalue weighted by Gasteiger charge is 2.23. The number of esters is 2. The first-order valence-electron chi connectivity index (χ1n) is 4.68. The van der Waals surface area contributed by atoms with Gasteiger partial charge in [-0.05, 0) is 26.3 Å². The fraction of sp³-hybridized carbons (Fsp3) is 0.600. The van der Waals surface area contributed by atoms with Gasteiger partial charge >= 0.3 is 11.9 Å². The number of halogens is 1. The van der Waals surface area contributed by atoms with E-state index in [1.165, 1.54) is 0 Å². The van der Waals surface area contributed by atoms with Crippen molar-refractivity contribution in [2.75, 3.05) is 19.1 Å². The summed E-state index contributed by atoms with van der Waals surface area (Å²) in [4.78, 5) is 22.8. The Labute approximate surface area is 94.2 Å².